The van der Waals surface area contributed by atoms with Crippen LogP contribution in [0.5, 0.6) is 11.5 Å². The van der Waals surface area contributed by atoms with Crippen molar-refractivity contribution in [1.29, 1.82) is 0 Å². The molecule has 0 radical (unpaired) electrons. The van der Waals surface area contributed by atoms with E-state index in [9.17, 15) is 19.2 Å². The van der Waals surface area contributed by atoms with E-state index in [1.54, 1.807) is 35.4 Å². The first-order chi connectivity index (χ1) is 21.9. The number of carbonyl (C=O) groups is 3. The first-order valence-electron chi connectivity index (χ1n) is 14.7. The van der Waals surface area contributed by atoms with Gasteiger partial charge in [0.25, 0.3) is 17.4 Å². The lowest BCUT2D eigenvalue weighted by Crippen LogP contribution is -2.58. The van der Waals surface area contributed by atoms with E-state index in [4.69, 9.17) is 9.47 Å². The molecule has 4 aromatic rings. The summed E-state index contributed by atoms with van der Waals surface area (Å²) in [6, 6.07) is 18.8. The molecule has 5 heterocycles. The van der Waals surface area contributed by atoms with Gasteiger partial charge in [-0.25, -0.2) is 5.10 Å². The molecule has 0 spiro atoms. The molecule has 3 aliphatic heterocycles. The molecular formula is C33H32N6O6. The van der Waals surface area contributed by atoms with Crippen molar-refractivity contribution in [2.45, 2.75) is 38.0 Å². The van der Waals surface area contributed by atoms with E-state index in [0.29, 0.717) is 54.3 Å². The number of hydrogen-bond donors (Lipinski definition) is 3. The van der Waals surface area contributed by atoms with Gasteiger partial charge in [0.2, 0.25) is 5.91 Å². The van der Waals surface area contributed by atoms with Crippen LogP contribution in [0, 0.1) is 0 Å². The van der Waals surface area contributed by atoms with Gasteiger partial charge in [-0.05, 0) is 47.5 Å². The largest absolute Gasteiger partial charge is 0.488 e. The monoisotopic (exact) mass is 608 g/mol. The van der Waals surface area contributed by atoms with Crippen LogP contribution in [-0.2, 0) is 22.6 Å². The quantitative estimate of drug-likeness (QED) is 0.320. The molecule has 1 fully saturated rings. The fourth-order valence-electron chi connectivity index (χ4n) is 5.34. The highest BCUT2D eigenvalue weighted by Gasteiger charge is 2.34. The average Bonchev–Trinajstić information content (AvgIpc) is 3.07. The Balaban J connectivity index is 1.25. The molecule has 45 heavy (non-hydrogen) atoms. The van der Waals surface area contributed by atoms with Gasteiger partial charge >= 0.3 is 0 Å². The predicted molar refractivity (Wildman–Crippen MR) is 164 cm³/mol. The molecule has 2 atom stereocenters. The number of hydrogen-bond acceptors (Lipinski definition) is 8. The van der Waals surface area contributed by atoms with Gasteiger partial charge in [0.15, 0.2) is 6.61 Å². The molecule has 12 nitrogen and oxygen atoms in total. The maximum Gasteiger partial charge on any atom is 0.264 e. The number of nitrogens with one attached hydrogen (secondary N) is 3. The van der Waals surface area contributed by atoms with Crippen molar-refractivity contribution in [3.8, 4) is 22.6 Å². The van der Waals surface area contributed by atoms with E-state index < -0.39 is 12.1 Å². The highest BCUT2D eigenvalue weighted by Crippen LogP contribution is 2.25. The summed E-state index contributed by atoms with van der Waals surface area (Å²) >= 11 is 0. The second-order valence-electron chi connectivity index (χ2n) is 11.0. The first-order valence-corrected chi connectivity index (χ1v) is 14.7. The summed E-state index contributed by atoms with van der Waals surface area (Å²) < 4.78 is 12.1. The number of amides is 3. The molecule has 2 aromatic carbocycles. The molecular weight excluding hydrogens is 576 g/mol. The zero-order valence-corrected chi connectivity index (χ0v) is 24.4. The molecule has 0 saturated carbocycles. The number of rotatable bonds is 3. The normalized spacial score (nSPS) is 18.4. The van der Waals surface area contributed by atoms with Crippen LogP contribution >= 0.6 is 0 Å². The first kappa shape index (κ1) is 29.5. The van der Waals surface area contributed by atoms with Crippen molar-refractivity contribution in [2.24, 2.45) is 0 Å². The molecule has 0 aliphatic carbocycles. The summed E-state index contributed by atoms with van der Waals surface area (Å²) in [6.45, 7) is 0.895. The van der Waals surface area contributed by atoms with Crippen molar-refractivity contribution in [2.75, 3.05) is 19.7 Å². The number of aromatic amines is 1. The number of piperidine rings is 1. The number of carbonyl (C=O) groups excluding carboxylic acids is 3. The van der Waals surface area contributed by atoms with Crippen LogP contribution < -0.4 is 25.7 Å². The smallest absolute Gasteiger partial charge is 0.264 e. The van der Waals surface area contributed by atoms with Gasteiger partial charge in [0.05, 0.1) is 17.3 Å². The molecule has 0 unspecified atom stereocenters. The molecule has 3 aliphatic rings. The van der Waals surface area contributed by atoms with Crippen LogP contribution in [0.1, 0.15) is 34.5 Å². The van der Waals surface area contributed by atoms with Crippen molar-refractivity contribution in [3.63, 3.8) is 0 Å². The number of aryl methyl sites for hydroxylation is 1. The van der Waals surface area contributed by atoms with Gasteiger partial charge < -0.3 is 25.0 Å². The topological polar surface area (TPSA) is 156 Å². The summed E-state index contributed by atoms with van der Waals surface area (Å²) in [5.41, 5.74) is 3.03. The third-order valence-corrected chi connectivity index (χ3v) is 7.79. The predicted octanol–water partition coefficient (Wildman–Crippen LogP) is 2.25. The Labute approximate surface area is 258 Å². The minimum atomic E-state index is -0.508. The third kappa shape index (κ3) is 7.53. The number of ether oxygens (including phenoxy) is 2. The lowest BCUT2D eigenvalue weighted by Gasteiger charge is -2.39. The Kier molecular flexibility index (Phi) is 8.81. The molecule has 3 amide bonds. The van der Waals surface area contributed by atoms with Crippen molar-refractivity contribution < 1.29 is 23.9 Å². The second kappa shape index (κ2) is 13.4. The fraction of sp³-hybridized carbons (Fsp3) is 0.273. The molecule has 3 N–H and O–H groups in total. The minimum Gasteiger partial charge on any atom is -0.488 e. The Hall–Kier alpha value is -5.52. The molecule has 230 valence electrons. The van der Waals surface area contributed by atoms with Crippen LogP contribution in [0.3, 0.4) is 0 Å². The summed E-state index contributed by atoms with van der Waals surface area (Å²) in [5.74, 6) is 0.440. The number of nitrogens with zero attached hydrogens (tertiary/aromatic N) is 3. The fourth-order valence-corrected chi connectivity index (χ4v) is 5.34. The van der Waals surface area contributed by atoms with E-state index in [2.05, 4.69) is 25.8 Å². The number of fused-ring (bicyclic) bond motifs is 7. The van der Waals surface area contributed by atoms with Crippen LogP contribution in [-0.4, -0.2) is 69.6 Å². The van der Waals surface area contributed by atoms with Crippen molar-refractivity contribution in [1.82, 2.24) is 30.7 Å². The van der Waals surface area contributed by atoms with Crippen LogP contribution in [0.4, 0.5) is 0 Å². The zero-order chi connectivity index (χ0) is 31.2. The average molecular weight is 609 g/mol. The summed E-state index contributed by atoms with van der Waals surface area (Å²) in [5, 5.41) is 12.3. The molecule has 6 bridgehead atoms. The number of H-pyrrole nitrogens is 1. The molecule has 1 saturated heterocycles. The zero-order valence-electron chi connectivity index (χ0n) is 24.4. The Morgan fingerprint density at radius 2 is 1.78 bits per heavy atom. The number of pyridine rings is 1. The Morgan fingerprint density at radius 3 is 2.60 bits per heavy atom. The van der Waals surface area contributed by atoms with Gasteiger partial charge in [-0.3, -0.25) is 24.2 Å². The lowest BCUT2D eigenvalue weighted by atomic mass is 10.00. The van der Waals surface area contributed by atoms with Gasteiger partial charge in [0, 0.05) is 62.9 Å². The molecule has 12 heteroatoms. The molecule has 7 rings (SSSR count). The van der Waals surface area contributed by atoms with Gasteiger partial charge in [-0.15, -0.1) is 0 Å². The Morgan fingerprint density at radius 1 is 0.933 bits per heavy atom. The van der Waals surface area contributed by atoms with E-state index in [1.807, 2.05) is 36.4 Å². The van der Waals surface area contributed by atoms with E-state index in [-0.39, 0.29) is 42.9 Å². The standard InChI is InChI=1S/C33H32N6O6/c40-30-10-6-25(37-38-30)7-11-32(42)39-13-12-29-28(19-39)36-33(43)24-14-23(17-34-18-24)22-2-1-3-27(15-22)44-20-31(41)35-16-21-4-8-26(45-29)9-5-21/h1-6,8-10,14-15,17-18,28-29H,7,11-13,16,19-20H2,(H,35,41)(H,36,43)(H,38,40)/t28-,29+/m1/s1. The third-order valence-electron chi connectivity index (χ3n) is 7.79. The van der Waals surface area contributed by atoms with Gasteiger partial charge in [-0.2, -0.15) is 5.10 Å². The minimum absolute atomic E-state index is 0.0840. The van der Waals surface area contributed by atoms with Gasteiger partial charge in [0.1, 0.15) is 17.6 Å². The van der Waals surface area contributed by atoms with Crippen LogP contribution in [0.15, 0.2) is 83.9 Å². The van der Waals surface area contributed by atoms with Crippen LogP contribution in [0.25, 0.3) is 11.1 Å². The lowest BCUT2D eigenvalue weighted by molar-refractivity contribution is -0.133. The SMILES string of the molecule is O=C1COc2cccc(c2)-c2cncc(c2)C(=O)N[C@@H]2CN(C(=O)CCc3ccc(=O)[nH]n3)CC[C@@H]2Oc2ccc(cc2)CN1. The second-order valence-corrected chi connectivity index (χ2v) is 11.0. The van der Waals surface area contributed by atoms with E-state index >= 15 is 0 Å². The number of likely N-dealkylation sites (tertiary alicyclic amines) is 1. The highest BCUT2D eigenvalue weighted by molar-refractivity contribution is 5.95. The van der Waals surface area contributed by atoms with E-state index in [1.165, 1.54) is 12.3 Å². The molecule has 2 aromatic heterocycles. The summed E-state index contributed by atoms with van der Waals surface area (Å²) in [7, 11) is 0. The number of aromatic nitrogens is 3. The number of benzene rings is 2. The summed E-state index contributed by atoms with van der Waals surface area (Å²) in [4.78, 5) is 56.6. The summed E-state index contributed by atoms with van der Waals surface area (Å²) in [6.07, 6.45) is 3.82. The van der Waals surface area contributed by atoms with Crippen LogP contribution in [0.2, 0.25) is 0 Å². The van der Waals surface area contributed by atoms with Gasteiger partial charge in [-0.1, -0.05) is 24.3 Å². The van der Waals surface area contributed by atoms with Crippen molar-refractivity contribution in [3.05, 3.63) is 106 Å². The highest BCUT2D eigenvalue weighted by atomic mass is 16.5. The van der Waals surface area contributed by atoms with E-state index in [0.717, 1.165) is 11.1 Å². The maximum absolute atomic E-state index is 13.6. The Bertz CT molecular complexity index is 1740. The van der Waals surface area contributed by atoms with Crippen molar-refractivity contribution >= 4 is 17.7 Å². The maximum atomic E-state index is 13.6.